The average Bonchev–Trinajstić information content (AvgIpc) is 2.49. The SMILES string of the molecule is Cc1cc(NCc2ccc(Cl)c(Cl)c2)c2cccc(Cl)c2n1. The first-order valence-corrected chi connectivity index (χ1v) is 7.91. The average molecular weight is 352 g/mol. The summed E-state index contributed by atoms with van der Waals surface area (Å²) in [4.78, 5) is 4.51. The largest absolute Gasteiger partial charge is 0.380 e. The zero-order chi connectivity index (χ0) is 15.7. The Morgan fingerprint density at radius 2 is 1.77 bits per heavy atom. The molecule has 2 nitrogen and oxygen atoms in total. The smallest absolute Gasteiger partial charge is 0.0912 e. The monoisotopic (exact) mass is 350 g/mol. The highest BCUT2D eigenvalue weighted by Gasteiger charge is 2.07. The Bertz CT molecular complexity index is 847. The molecule has 22 heavy (non-hydrogen) atoms. The summed E-state index contributed by atoms with van der Waals surface area (Å²) in [5.41, 5.74) is 3.77. The van der Waals surface area contributed by atoms with Gasteiger partial charge in [-0.15, -0.1) is 0 Å². The molecule has 1 heterocycles. The fraction of sp³-hybridized carbons (Fsp3) is 0.118. The van der Waals surface area contributed by atoms with Crippen LogP contribution < -0.4 is 5.32 Å². The van der Waals surface area contributed by atoms with Crippen LogP contribution in [0.4, 0.5) is 5.69 Å². The number of aromatic nitrogens is 1. The van der Waals surface area contributed by atoms with Gasteiger partial charge in [-0.2, -0.15) is 0 Å². The molecule has 0 saturated carbocycles. The zero-order valence-electron chi connectivity index (χ0n) is 11.8. The van der Waals surface area contributed by atoms with E-state index in [1.54, 1.807) is 6.07 Å². The molecular weight excluding hydrogens is 339 g/mol. The van der Waals surface area contributed by atoms with Gasteiger partial charge in [0.2, 0.25) is 0 Å². The van der Waals surface area contributed by atoms with Crippen molar-refractivity contribution in [1.29, 1.82) is 0 Å². The predicted molar refractivity (Wildman–Crippen MR) is 95.3 cm³/mol. The van der Waals surface area contributed by atoms with Crippen molar-refractivity contribution in [2.45, 2.75) is 13.5 Å². The molecule has 2 aromatic carbocycles. The van der Waals surface area contributed by atoms with Crippen molar-refractivity contribution in [3.8, 4) is 0 Å². The molecule has 0 aliphatic carbocycles. The van der Waals surface area contributed by atoms with Gasteiger partial charge in [0.05, 0.1) is 20.6 Å². The van der Waals surface area contributed by atoms with E-state index in [1.165, 1.54) is 0 Å². The Balaban J connectivity index is 1.93. The molecule has 0 bridgehead atoms. The second kappa shape index (κ2) is 6.33. The summed E-state index contributed by atoms with van der Waals surface area (Å²) in [5.74, 6) is 0. The first-order valence-electron chi connectivity index (χ1n) is 6.78. The van der Waals surface area contributed by atoms with Crippen LogP contribution in [0.1, 0.15) is 11.3 Å². The predicted octanol–water partition coefficient (Wildman–Crippen LogP) is 6.12. The molecule has 0 aliphatic heterocycles. The van der Waals surface area contributed by atoms with E-state index in [0.717, 1.165) is 27.8 Å². The minimum absolute atomic E-state index is 0.555. The number of fused-ring (bicyclic) bond motifs is 1. The number of halogens is 3. The summed E-state index contributed by atoms with van der Waals surface area (Å²) >= 11 is 18.2. The molecular formula is C17H13Cl3N2. The highest BCUT2D eigenvalue weighted by molar-refractivity contribution is 6.42. The van der Waals surface area contributed by atoms with Crippen LogP contribution in [0.2, 0.25) is 15.1 Å². The minimum atomic E-state index is 0.555. The number of aryl methyl sites for hydroxylation is 1. The van der Waals surface area contributed by atoms with Crippen LogP contribution in [-0.2, 0) is 6.54 Å². The molecule has 1 aromatic heterocycles. The second-order valence-electron chi connectivity index (χ2n) is 5.05. The summed E-state index contributed by atoms with van der Waals surface area (Å²) in [6.45, 7) is 2.59. The van der Waals surface area contributed by atoms with Crippen LogP contribution in [0.25, 0.3) is 10.9 Å². The third-order valence-corrected chi connectivity index (χ3v) is 4.43. The molecule has 0 unspecified atom stereocenters. The van der Waals surface area contributed by atoms with Gasteiger partial charge < -0.3 is 5.32 Å². The molecule has 1 N–H and O–H groups in total. The summed E-state index contributed by atoms with van der Waals surface area (Å²) < 4.78 is 0. The Morgan fingerprint density at radius 1 is 0.955 bits per heavy atom. The van der Waals surface area contributed by atoms with Crippen molar-refractivity contribution in [2.24, 2.45) is 0 Å². The van der Waals surface area contributed by atoms with Gasteiger partial charge in [-0.05, 0) is 36.8 Å². The van der Waals surface area contributed by atoms with E-state index in [9.17, 15) is 0 Å². The Kier molecular flexibility index (Phi) is 4.44. The number of pyridine rings is 1. The maximum absolute atomic E-state index is 6.23. The van der Waals surface area contributed by atoms with E-state index in [0.29, 0.717) is 21.6 Å². The lowest BCUT2D eigenvalue weighted by Crippen LogP contribution is -2.01. The lowest BCUT2D eigenvalue weighted by molar-refractivity contribution is 1.14. The van der Waals surface area contributed by atoms with Gasteiger partial charge in [0, 0.05) is 23.3 Å². The van der Waals surface area contributed by atoms with E-state index < -0.39 is 0 Å². The van der Waals surface area contributed by atoms with Crippen molar-refractivity contribution in [3.63, 3.8) is 0 Å². The van der Waals surface area contributed by atoms with Gasteiger partial charge in [-0.3, -0.25) is 4.98 Å². The second-order valence-corrected chi connectivity index (χ2v) is 6.27. The number of benzene rings is 2. The molecule has 0 atom stereocenters. The molecule has 0 saturated heterocycles. The fourth-order valence-electron chi connectivity index (χ4n) is 2.33. The summed E-state index contributed by atoms with van der Waals surface area (Å²) in [6.07, 6.45) is 0. The molecule has 5 heteroatoms. The van der Waals surface area contributed by atoms with Crippen LogP contribution in [0.5, 0.6) is 0 Å². The van der Waals surface area contributed by atoms with E-state index in [4.69, 9.17) is 34.8 Å². The van der Waals surface area contributed by atoms with Gasteiger partial charge in [0.25, 0.3) is 0 Å². The Labute approximate surface area is 144 Å². The maximum atomic E-state index is 6.23. The Morgan fingerprint density at radius 3 is 2.55 bits per heavy atom. The molecule has 0 amide bonds. The molecule has 112 valence electrons. The number of para-hydroxylation sites is 1. The van der Waals surface area contributed by atoms with Gasteiger partial charge >= 0.3 is 0 Å². The number of nitrogens with zero attached hydrogens (tertiary/aromatic N) is 1. The van der Waals surface area contributed by atoms with E-state index in [2.05, 4.69) is 10.3 Å². The van der Waals surface area contributed by atoms with Crippen molar-refractivity contribution in [1.82, 2.24) is 4.98 Å². The van der Waals surface area contributed by atoms with Gasteiger partial charge in [-0.25, -0.2) is 0 Å². The maximum Gasteiger partial charge on any atom is 0.0912 e. The standard InChI is InChI=1S/C17H13Cl3N2/c1-10-7-16(12-3-2-4-14(19)17(12)22-10)21-9-11-5-6-13(18)15(20)8-11/h2-8H,9H2,1H3,(H,21,22). The quantitative estimate of drug-likeness (QED) is 0.615. The summed E-state index contributed by atoms with van der Waals surface area (Å²) in [5, 5.41) is 6.18. The topological polar surface area (TPSA) is 24.9 Å². The lowest BCUT2D eigenvalue weighted by atomic mass is 10.1. The fourth-order valence-corrected chi connectivity index (χ4v) is 2.87. The molecule has 3 rings (SSSR count). The van der Waals surface area contributed by atoms with Gasteiger partial charge in [-0.1, -0.05) is 53.0 Å². The van der Waals surface area contributed by atoms with Crippen LogP contribution in [-0.4, -0.2) is 4.98 Å². The van der Waals surface area contributed by atoms with E-state index in [-0.39, 0.29) is 0 Å². The van der Waals surface area contributed by atoms with E-state index in [1.807, 2.05) is 43.3 Å². The number of rotatable bonds is 3. The third-order valence-electron chi connectivity index (χ3n) is 3.39. The number of hydrogen-bond donors (Lipinski definition) is 1. The highest BCUT2D eigenvalue weighted by atomic mass is 35.5. The van der Waals surface area contributed by atoms with Crippen LogP contribution in [0.3, 0.4) is 0 Å². The normalized spacial score (nSPS) is 10.9. The zero-order valence-corrected chi connectivity index (χ0v) is 14.1. The van der Waals surface area contributed by atoms with Crippen molar-refractivity contribution >= 4 is 51.4 Å². The van der Waals surface area contributed by atoms with Gasteiger partial charge in [0.1, 0.15) is 0 Å². The van der Waals surface area contributed by atoms with E-state index >= 15 is 0 Å². The lowest BCUT2D eigenvalue weighted by Gasteiger charge is -2.12. The van der Waals surface area contributed by atoms with Crippen LogP contribution in [0.15, 0.2) is 42.5 Å². The van der Waals surface area contributed by atoms with Crippen LogP contribution in [0, 0.1) is 6.92 Å². The van der Waals surface area contributed by atoms with Crippen molar-refractivity contribution in [3.05, 3.63) is 68.8 Å². The minimum Gasteiger partial charge on any atom is -0.380 e. The Hall–Kier alpha value is -1.48. The number of anilines is 1. The van der Waals surface area contributed by atoms with Gasteiger partial charge in [0.15, 0.2) is 0 Å². The number of nitrogens with one attached hydrogen (secondary N) is 1. The molecule has 3 aromatic rings. The summed E-state index contributed by atoms with van der Waals surface area (Å²) in [7, 11) is 0. The first-order chi connectivity index (χ1) is 10.5. The molecule has 0 aliphatic rings. The van der Waals surface area contributed by atoms with Crippen molar-refractivity contribution < 1.29 is 0 Å². The number of hydrogen-bond acceptors (Lipinski definition) is 2. The summed E-state index contributed by atoms with van der Waals surface area (Å²) in [6, 6.07) is 13.4. The highest BCUT2D eigenvalue weighted by Crippen LogP contribution is 2.29. The molecule has 0 radical (unpaired) electrons. The molecule has 0 spiro atoms. The third kappa shape index (κ3) is 3.14. The molecule has 0 fully saturated rings. The van der Waals surface area contributed by atoms with Crippen LogP contribution >= 0.6 is 34.8 Å². The van der Waals surface area contributed by atoms with Crippen molar-refractivity contribution in [2.75, 3.05) is 5.32 Å². The first kappa shape index (κ1) is 15.4.